The molecule has 1 heterocycles. The zero-order valence-electron chi connectivity index (χ0n) is 7.19. The molecule has 0 N–H and O–H groups in total. The smallest absolute Gasteiger partial charge is 0.767 e. The molecule has 0 fully saturated rings. The summed E-state index contributed by atoms with van der Waals surface area (Å²) in [4.78, 5) is 3.74. The summed E-state index contributed by atoms with van der Waals surface area (Å²) in [6, 6.07) is 4.35. The van der Waals surface area contributed by atoms with E-state index >= 15 is 0 Å². The first kappa shape index (κ1) is 11.8. The maximum atomic E-state index is 13.0. The monoisotopic (exact) mass is 223 g/mol. The van der Waals surface area contributed by atoms with E-state index in [1.807, 2.05) is 0 Å². The van der Waals surface area contributed by atoms with Crippen molar-refractivity contribution in [2.45, 2.75) is 4.34 Å². The van der Waals surface area contributed by atoms with E-state index in [4.69, 9.17) is 0 Å². The molecule has 1 atom stereocenters. The van der Waals surface area contributed by atoms with Crippen LogP contribution >= 0.6 is 11.3 Å². The summed E-state index contributed by atoms with van der Waals surface area (Å²) < 4.78 is 34.2. The number of aromatic nitrogens is 1. The Hall–Kier alpha value is -0.253. The molecule has 2 rings (SSSR count). The Morgan fingerprint density at radius 3 is 2.79 bits per heavy atom. The predicted molar refractivity (Wildman–Crippen MR) is 46.8 cm³/mol. The van der Waals surface area contributed by atoms with Crippen LogP contribution in [0.4, 0.5) is 4.39 Å². The molecule has 68 valence electrons. The maximum Gasteiger partial charge on any atom is 1.00 e. The summed E-state index contributed by atoms with van der Waals surface area (Å²) in [5.41, 5.74) is 0.379. The van der Waals surface area contributed by atoms with Crippen molar-refractivity contribution in [3.05, 3.63) is 24.0 Å². The number of benzene rings is 1. The predicted octanol–water partition coefficient (Wildman–Crippen LogP) is -1.32. The number of fused-ring (bicyclic) bond motifs is 1. The third-order valence-electron chi connectivity index (χ3n) is 1.49. The summed E-state index contributed by atoms with van der Waals surface area (Å²) in [5.74, 6) is -0.438. The van der Waals surface area contributed by atoms with E-state index in [-0.39, 0.29) is 27.9 Å². The van der Waals surface area contributed by atoms with Gasteiger partial charge in [-0.25, -0.2) is 9.37 Å². The normalized spacial score (nSPS) is 12.4. The van der Waals surface area contributed by atoms with Gasteiger partial charge in [-0.05, 0) is 12.1 Å². The van der Waals surface area contributed by atoms with Crippen molar-refractivity contribution in [1.29, 1.82) is 0 Å². The Labute approximate surface area is 97.8 Å². The summed E-state index contributed by atoms with van der Waals surface area (Å²) in [6.45, 7) is 0. The molecule has 14 heavy (non-hydrogen) atoms. The van der Waals surface area contributed by atoms with Crippen molar-refractivity contribution in [3.8, 4) is 0 Å². The Morgan fingerprint density at radius 1 is 1.50 bits per heavy atom. The standard InChI is InChI=1S/C7H4FNO2S2.Li/c8-4-2-1-3-5-6(4)12-7(9-5)13(10)11;/h1-3H,(H,10,11);/q;+1/p-1. The summed E-state index contributed by atoms with van der Waals surface area (Å²) in [5, 5.41) is 0. The first-order chi connectivity index (χ1) is 6.18. The van der Waals surface area contributed by atoms with Crippen molar-refractivity contribution in [2.24, 2.45) is 0 Å². The van der Waals surface area contributed by atoms with Gasteiger partial charge in [0.1, 0.15) is 5.82 Å². The Balaban J connectivity index is 0.000000980. The molecule has 0 aliphatic heterocycles. The van der Waals surface area contributed by atoms with Crippen molar-refractivity contribution < 1.29 is 32.0 Å². The summed E-state index contributed by atoms with van der Waals surface area (Å²) in [7, 11) is 0. The van der Waals surface area contributed by atoms with Crippen LogP contribution in [0.5, 0.6) is 0 Å². The number of halogens is 1. The minimum absolute atomic E-state index is 0. The van der Waals surface area contributed by atoms with Gasteiger partial charge in [-0.1, -0.05) is 6.07 Å². The van der Waals surface area contributed by atoms with Crippen molar-refractivity contribution in [3.63, 3.8) is 0 Å². The van der Waals surface area contributed by atoms with Crippen LogP contribution in [-0.2, 0) is 11.1 Å². The third-order valence-corrected chi connectivity index (χ3v) is 3.40. The molecule has 1 aromatic heterocycles. The van der Waals surface area contributed by atoms with Gasteiger partial charge in [0.2, 0.25) is 0 Å². The largest absolute Gasteiger partial charge is 1.00 e. The van der Waals surface area contributed by atoms with Gasteiger partial charge in [-0.3, -0.25) is 4.21 Å². The maximum absolute atomic E-state index is 13.0. The van der Waals surface area contributed by atoms with Crippen molar-refractivity contribution in [2.75, 3.05) is 0 Å². The molecular formula is C7H3FLiNO2S2. The SMILES string of the molecule is O=S([O-])c1nc2cccc(F)c2s1.[Li+]. The fourth-order valence-corrected chi connectivity index (χ4v) is 2.36. The third kappa shape index (κ3) is 2.05. The van der Waals surface area contributed by atoms with Crippen LogP contribution < -0.4 is 18.9 Å². The topological polar surface area (TPSA) is 53.0 Å². The summed E-state index contributed by atoms with van der Waals surface area (Å²) in [6.07, 6.45) is 0. The van der Waals surface area contributed by atoms with Crippen LogP contribution in [0.3, 0.4) is 0 Å². The molecule has 1 unspecified atom stereocenters. The molecule has 0 saturated heterocycles. The van der Waals surface area contributed by atoms with Crippen molar-refractivity contribution >= 4 is 32.6 Å². The fraction of sp³-hybridized carbons (Fsp3) is 0. The van der Waals surface area contributed by atoms with Crippen LogP contribution in [0.25, 0.3) is 10.2 Å². The van der Waals surface area contributed by atoms with Gasteiger partial charge in [0.15, 0.2) is 4.34 Å². The molecule has 0 spiro atoms. The second-order valence-electron chi connectivity index (χ2n) is 2.30. The van der Waals surface area contributed by atoms with Gasteiger partial charge >= 0.3 is 18.9 Å². The second kappa shape index (κ2) is 4.51. The molecule has 3 nitrogen and oxygen atoms in total. The van der Waals surface area contributed by atoms with E-state index in [1.54, 1.807) is 6.07 Å². The van der Waals surface area contributed by atoms with Crippen LogP contribution in [0.1, 0.15) is 0 Å². The van der Waals surface area contributed by atoms with E-state index < -0.39 is 16.9 Å². The molecule has 0 radical (unpaired) electrons. The van der Waals surface area contributed by atoms with Gasteiger partial charge < -0.3 is 4.55 Å². The average Bonchev–Trinajstić information content (AvgIpc) is 2.49. The molecular weight excluding hydrogens is 220 g/mol. The molecule has 1 aromatic carbocycles. The number of thiazole rings is 1. The van der Waals surface area contributed by atoms with Gasteiger partial charge in [-0.15, -0.1) is 11.3 Å². The minimum Gasteiger partial charge on any atom is -0.767 e. The average molecular weight is 223 g/mol. The Kier molecular flexibility index (Phi) is 3.81. The van der Waals surface area contributed by atoms with Gasteiger partial charge in [0, 0.05) is 11.1 Å². The second-order valence-corrected chi connectivity index (χ2v) is 4.42. The number of nitrogens with zero attached hydrogens (tertiary/aromatic N) is 1. The number of hydrogen-bond donors (Lipinski definition) is 0. The van der Waals surface area contributed by atoms with Crippen LogP contribution in [0.15, 0.2) is 22.5 Å². The van der Waals surface area contributed by atoms with Gasteiger partial charge in [0.25, 0.3) is 0 Å². The first-order valence-corrected chi connectivity index (χ1v) is 5.22. The van der Waals surface area contributed by atoms with Gasteiger partial charge in [-0.2, -0.15) is 0 Å². The van der Waals surface area contributed by atoms with E-state index in [2.05, 4.69) is 4.98 Å². The number of hydrogen-bond acceptors (Lipinski definition) is 4. The van der Waals surface area contributed by atoms with E-state index in [1.165, 1.54) is 12.1 Å². The quantitative estimate of drug-likeness (QED) is 0.445. The number of rotatable bonds is 1. The first-order valence-electron chi connectivity index (χ1n) is 3.33. The Morgan fingerprint density at radius 2 is 2.21 bits per heavy atom. The molecule has 7 heteroatoms. The molecule has 0 amide bonds. The minimum atomic E-state index is -2.38. The fourth-order valence-electron chi connectivity index (χ4n) is 0.966. The Bertz CT molecular complexity index is 487. The van der Waals surface area contributed by atoms with Crippen molar-refractivity contribution in [1.82, 2.24) is 4.98 Å². The van der Waals surface area contributed by atoms with Crippen LogP contribution in [-0.4, -0.2) is 13.7 Å². The van der Waals surface area contributed by atoms with E-state index in [0.29, 0.717) is 5.52 Å². The van der Waals surface area contributed by atoms with Crippen LogP contribution in [0, 0.1) is 5.82 Å². The van der Waals surface area contributed by atoms with Gasteiger partial charge in [0.05, 0.1) is 10.2 Å². The zero-order chi connectivity index (χ0) is 9.42. The zero-order valence-corrected chi connectivity index (χ0v) is 8.82. The molecule has 0 aliphatic rings. The summed E-state index contributed by atoms with van der Waals surface area (Å²) >= 11 is -1.55. The molecule has 0 saturated carbocycles. The van der Waals surface area contributed by atoms with E-state index in [9.17, 15) is 13.2 Å². The van der Waals surface area contributed by atoms with Crippen LogP contribution in [0.2, 0.25) is 0 Å². The molecule has 0 bridgehead atoms. The molecule has 0 aliphatic carbocycles. The van der Waals surface area contributed by atoms with E-state index in [0.717, 1.165) is 11.3 Å². The molecule has 2 aromatic rings.